The summed E-state index contributed by atoms with van der Waals surface area (Å²) in [5.74, 6) is -1.31. The molecule has 2 N–H and O–H groups in total. The monoisotopic (exact) mass is 282 g/mol. The fourth-order valence-electron chi connectivity index (χ4n) is 1.97. The molecule has 0 radical (unpaired) electrons. The largest absolute Gasteiger partial charge is 0.480 e. The van der Waals surface area contributed by atoms with Gasteiger partial charge < -0.3 is 10.4 Å². The molecule has 0 aliphatic heterocycles. The molecule has 1 unspecified atom stereocenters. The summed E-state index contributed by atoms with van der Waals surface area (Å²) in [6.45, 7) is 3.89. The van der Waals surface area contributed by atoms with Crippen LogP contribution in [-0.4, -0.2) is 38.0 Å². The Morgan fingerprint density at radius 1 is 1.35 bits per heavy atom. The first kappa shape index (κ1) is 16.1. The van der Waals surface area contributed by atoms with Gasteiger partial charge in [0.25, 0.3) is 5.91 Å². The predicted octanol–water partition coefficient (Wildman–Crippen LogP) is 1.45. The van der Waals surface area contributed by atoms with Gasteiger partial charge in [-0.25, -0.2) is 4.68 Å². The van der Waals surface area contributed by atoms with Crippen molar-refractivity contribution in [1.82, 2.24) is 20.3 Å². The molecule has 7 heteroatoms. The van der Waals surface area contributed by atoms with E-state index in [1.165, 1.54) is 6.20 Å². The highest BCUT2D eigenvalue weighted by Crippen LogP contribution is 2.07. The molecule has 1 aromatic heterocycles. The number of hydrogen-bond donors (Lipinski definition) is 2. The molecule has 0 aliphatic rings. The highest BCUT2D eigenvalue weighted by molar-refractivity contribution is 5.92. The fourth-order valence-corrected chi connectivity index (χ4v) is 1.97. The Morgan fingerprint density at radius 2 is 2.10 bits per heavy atom. The van der Waals surface area contributed by atoms with Gasteiger partial charge in [0.15, 0.2) is 5.69 Å². The molecule has 1 heterocycles. The minimum absolute atomic E-state index is 0.136. The van der Waals surface area contributed by atoms with E-state index in [0.717, 1.165) is 36.8 Å². The number of carbonyl (C=O) groups excluding carboxylic acids is 1. The average Bonchev–Trinajstić information content (AvgIpc) is 2.83. The second-order valence-electron chi connectivity index (χ2n) is 4.80. The third kappa shape index (κ3) is 5.38. The molecule has 20 heavy (non-hydrogen) atoms. The van der Waals surface area contributed by atoms with Crippen molar-refractivity contribution >= 4 is 11.9 Å². The van der Waals surface area contributed by atoms with Crippen LogP contribution in [0.3, 0.4) is 0 Å². The smallest absolute Gasteiger partial charge is 0.325 e. The van der Waals surface area contributed by atoms with Crippen LogP contribution in [-0.2, 0) is 11.3 Å². The van der Waals surface area contributed by atoms with E-state index in [9.17, 15) is 9.59 Å². The lowest BCUT2D eigenvalue weighted by molar-refractivity contribution is -0.137. The van der Waals surface area contributed by atoms with E-state index in [-0.39, 0.29) is 24.2 Å². The molecule has 1 aromatic rings. The average molecular weight is 282 g/mol. The van der Waals surface area contributed by atoms with Crippen molar-refractivity contribution in [3.8, 4) is 0 Å². The molecule has 0 aromatic carbocycles. The van der Waals surface area contributed by atoms with E-state index in [1.54, 1.807) is 0 Å². The van der Waals surface area contributed by atoms with Crippen molar-refractivity contribution < 1.29 is 14.7 Å². The minimum Gasteiger partial charge on any atom is -0.480 e. The van der Waals surface area contributed by atoms with Crippen LogP contribution in [0.2, 0.25) is 0 Å². The van der Waals surface area contributed by atoms with Gasteiger partial charge >= 0.3 is 5.97 Å². The second-order valence-corrected chi connectivity index (χ2v) is 4.80. The summed E-state index contributed by atoms with van der Waals surface area (Å²) in [7, 11) is 0. The maximum absolute atomic E-state index is 12.0. The Hall–Kier alpha value is -1.92. The predicted molar refractivity (Wildman–Crippen MR) is 73.3 cm³/mol. The number of carbonyl (C=O) groups is 2. The van der Waals surface area contributed by atoms with Gasteiger partial charge in [-0.1, -0.05) is 38.3 Å². The summed E-state index contributed by atoms with van der Waals surface area (Å²) in [5.41, 5.74) is 0.156. The molecule has 0 bridgehead atoms. The van der Waals surface area contributed by atoms with Crippen LogP contribution in [0.5, 0.6) is 0 Å². The molecule has 1 rings (SSSR count). The first-order valence-corrected chi connectivity index (χ1v) is 6.99. The number of hydrogen-bond acceptors (Lipinski definition) is 4. The lowest BCUT2D eigenvalue weighted by Gasteiger charge is -2.16. The van der Waals surface area contributed by atoms with Crippen molar-refractivity contribution in [2.24, 2.45) is 0 Å². The quantitative estimate of drug-likeness (QED) is 0.714. The molecular weight excluding hydrogens is 260 g/mol. The lowest BCUT2D eigenvalue weighted by atomic mass is 10.1. The van der Waals surface area contributed by atoms with Crippen molar-refractivity contribution in [2.45, 2.75) is 58.5 Å². The maximum Gasteiger partial charge on any atom is 0.325 e. The minimum atomic E-state index is -1.02. The van der Waals surface area contributed by atoms with Gasteiger partial charge in [-0.3, -0.25) is 9.59 Å². The van der Waals surface area contributed by atoms with Gasteiger partial charge in [0, 0.05) is 6.04 Å². The molecule has 7 nitrogen and oxygen atoms in total. The summed E-state index contributed by atoms with van der Waals surface area (Å²) in [5, 5.41) is 18.9. The Bertz CT molecular complexity index is 445. The number of nitrogens with zero attached hydrogens (tertiary/aromatic N) is 3. The highest BCUT2D eigenvalue weighted by Gasteiger charge is 2.16. The lowest BCUT2D eigenvalue weighted by Crippen LogP contribution is -2.35. The topological polar surface area (TPSA) is 97.1 Å². The van der Waals surface area contributed by atoms with Gasteiger partial charge in [-0.2, -0.15) is 0 Å². The van der Waals surface area contributed by atoms with Crippen LogP contribution in [0.4, 0.5) is 0 Å². The Balaban J connectivity index is 2.58. The number of nitrogens with one attached hydrogen (secondary N) is 1. The number of carboxylic acid groups (broad SMARTS) is 1. The van der Waals surface area contributed by atoms with E-state index >= 15 is 0 Å². The van der Waals surface area contributed by atoms with Crippen LogP contribution in [0.1, 0.15) is 56.4 Å². The summed E-state index contributed by atoms with van der Waals surface area (Å²) in [6.07, 6.45) is 6.38. The van der Waals surface area contributed by atoms with Crippen LogP contribution in [0.25, 0.3) is 0 Å². The molecule has 0 saturated carbocycles. The molecule has 0 saturated heterocycles. The van der Waals surface area contributed by atoms with Crippen molar-refractivity contribution in [3.63, 3.8) is 0 Å². The number of unbranched alkanes of at least 4 members (excludes halogenated alkanes) is 1. The third-order valence-corrected chi connectivity index (χ3v) is 2.95. The van der Waals surface area contributed by atoms with E-state index in [1.807, 2.05) is 0 Å². The van der Waals surface area contributed by atoms with E-state index in [4.69, 9.17) is 5.11 Å². The number of carboxylic acids is 1. The van der Waals surface area contributed by atoms with E-state index in [2.05, 4.69) is 29.5 Å². The molecule has 0 spiro atoms. The third-order valence-electron chi connectivity index (χ3n) is 2.95. The van der Waals surface area contributed by atoms with Gasteiger partial charge in [0.1, 0.15) is 6.54 Å². The number of aliphatic carboxylic acids is 1. The van der Waals surface area contributed by atoms with Crippen LogP contribution >= 0.6 is 0 Å². The molecular formula is C13H22N4O3. The Kier molecular flexibility index (Phi) is 6.69. The Morgan fingerprint density at radius 3 is 2.70 bits per heavy atom. The molecule has 112 valence electrons. The molecule has 1 atom stereocenters. The molecule has 0 aliphatic carbocycles. The van der Waals surface area contributed by atoms with Crippen LogP contribution in [0, 0.1) is 0 Å². The SMILES string of the molecule is CCCCC(CCC)NC(=O)c1cn(CC(=O)O)nn1. The summed E-state index contributed by atoms with van der Waals surface area (Å²) < 4.78 is 1.14. The molecule has 1 amide bonds. The van der Waals surface area contributed by atoms with E-state index in [0.29, 0.717) is 0 Å². The maximum atomic E-state index is 12.0. The highest BCUT2D eigenvalue weighted by atomic mass is 16.4. The van der Waals surface area contributed by atoms with Gasteiger partial charge in [0.2, 0.25) is 0 Å². The summed E-state index contributed by atoms with van der Waals surface area (Å²) >= 11 is 0. The summed E-state index contributed by atoms with van der Waals surface area (Å²) in [6, 6.07) is 0.136. The number of amides is 1. The number of rotatable bonds is 9. The van der Waals surface area contributed by atoms with Crippen molar-refractivity contribution in [1.29, 1.82) is 0 Å². The van der Waals surface area contributed by atoms with Crippen molar-refractivity contribution in [2.75, 3.05) is 0 Å². The zero-order valence-electron chi connectivity index (χ0n) is 12.0. The zero-order chi connectivity index (χ0) is 15.0. The molecule has 0 fully saturated rings. The first-order valence-electron chi connectivity index (χ1n) is 6.99. The second kappa shape index (κ2) is 8.29. The Labute approximate surface area is 118 Å². The number of aromatic nitrogens is 3. The van der Waals surface area contributed by atoms with Gasteiger partial charge in [-0.05, 0) is 12.8 Å². The standard InChI is InChI=1S/C13H22N4O3/c1-3-5-7-10(6-4-2)14-13(20)11-8-17(16-15-11)9-12(18)19/h8,10H,3-7,9H2,1-2H3,(H,14,20)(H,18,19). The van der Waals surface area contributed by atoms with Gasteiger partial charge in [-0.15, -0.1) is 5.10 Å². The van der Waals surface area contributed by atoms with Crippen LogP contribution in [0.15, 0.2) is 6.20 Å². The van der Waals surface area contributed by atoms with Crippen molar-refractivity contribution in [3.05, 3.63) is 11.9 Å². The fraction of sp³-hybridized carbons (Fsp3) is 0.692. The first-order chi connectivity index (χ1) is 9.56. The van der Waals surface area contributed by atoms with Gasteiger partial charge in [0.05, 0.1) is 6.20 Å². The zero-order valence-corrected chi connectivity index (χ0v) is 12.0. The summed E-state index contributed by atoms with van der Waals surface area (Å²) in [4.78, 5) is 22.6. The van der Waals surface area contributed by atoms with E-state index < -0.39 is 5.97 Å². The van der Waals surface area contributed by atoms with Crippen LogP contribution < -0.4 is 5.32 Å². The normalized spacial score (nSPS) is 12.1.